The number of carbonyl (C=O) groups excluding carboxylic acids is 1. The van der Waals surface area contributed by atoms with Crippen molar-refractivity contribution in [2.75, 3.05) is 26.2 Å². The van der Waals surface area contributed by atoms with Crippen LogP contribution in [-0.4, -0.2) is 55.0 Å². The van der Waals surface area contributed by atoms with E-state index in [0.29, 0.717) is 12.6 Å². The standard InChI is InChI=1S/C12H21F2N3O.2ClH/c1-2-17-5-3-4-9(17)7-15-11(18)10-6-12(13,14)8-16-10;;/h9-10,16H,2-8H2,1H3,(H,15,18);2*1H. The molecule has 2 unspecified atom stereocenters. The molecule has 20 heavy (non-hydrogen) atoms. The van der Waals surface area contributed by atoms with Gasteiger partial charge in [0, 0.05) is 19.0 Å². The Balaban J connectivity index is 0.00000180. The van der Waals surface area contributed by atoms with Crippen molar-refractivity contribution in [3.05, 3.63) is 0 Å². The van der Waals surface area contributed by atoms with Gasteiger partial charge in [-0.2, -0.15) is 0 Å². The van der Waals surface area contributed by atoms with E-state index in [2.05, 4.69) is 22.5 Å². The van der Waals surface area contributed by atoms with Gasteiger partial charge in [-0.05, 0) is 25.9 Å². The highest BCUT2D eigenvalue weighted by molar-refractivity contribution is 5.85. The third kappa shape index (κ3) is 4.98. The fraction of sp³-hybridized carbons (Fsp3) is 0.917. The van der Waals surface area contributed by atoms with Crippen LogP contribution in [-0.2, 0) is 4.79 Å². The molecule has 2 N–H and O–H groups in total. The van der Waals surface area contributed by atoms with Crippen LogP contribution in [0.2, 0.25) is 0 Å². The van der Waals surface area contributed by atoms with Gasteiger partial charge in [-0.25, -0.2) is 8.78 Å². The van der Waals surface area contributed by atoms with E-state index in [9.17, 15) is 13.6 Å². The summed E-state index contributed by atoms with van der Waals surface area (Å²) in [6.07, 6.45) is 1.83. The molecular formula is C12H23Cl2F2N3O. The summed E-state index contributed by atoms with van der Waals surface area (Å²) in [6, 6.07) is -0.377. The van der Waals surface area contributed by atoms with Crippen LogP contribution < -0.4 is 10.6 Å². The summed E-state index contributed by atoms with van der Waals surface area (Å²) in [5, 5.41) is 5.36. The predicted octanol–water partition coefficient (Wildman–Crippen LogP) is 1.43. The maximum atomic E-state index is 13.0. The summed E-state index contributed by atoms with van der Waals surface area (Å²) in [6.45, 7) is 4.31. The minimum Gasteiger partial charge on any atom is -0.353 e. The van der Waals surface area contributed by atoms with Crippen LogP contribution in [0.4, 0.5) is 8.78 Å². The molecule has 0 bridgehead atoms. The summed E-state index contributed by atoms with van der Waals surface area (Å²) >= 11 is 0. The molecule has 2 saturated heterocycles. The molecule has 2 fully saturated rings. The van der Waals surface area contributed by atoms with Crippen molar-refractivity contribution in [3.63, 3.8) is 0 Å². The Labute approximate surface area is 130 Å². The smallest absolute Gasteiger partial charge is 0.262 e. The van der Waals surface area contributed by atoms with E-state index in [4.69, 9.17) is 0 Å². The van der Waals surface area contributed by atoms with E-state index >= 15 is 0 Å². The molecule has 4 nitrogen and oxygen atoms in total. The van der Waals surface area contributed by atoms with Crippen LogP contribution in [0.5, 0.6) is 0 Å². The van der Waals surface area contributed by atoms with Crippen molar-refractivity contribution in [2.45, 2.75) is 44.2 Å². The lowest BCUT2D eigenvalue weighted by molar-refractivity contribution is -0.123. The number of rotatable bonds is 4. The van der Waals surface area contributed by atoms with Crippen LogP contribution in [0.3, 0.4) is 0 Å². The molecular weight excluding hydrogens is 311 g/mol. The normalized spacial score (nSPS) is 28.6. The maximum absolute atomic E-state index is 13.0. The van der Waals surface area contributed by atoms with Crippen LogP contribution in [0.25, 0.3) is 0 Å². The van der Waals surface area contributed by atoms with E-state index in [1.165, 1.54) is 0 Å². The topological polar surface area (TPSA) is 44.4 Å². The molecule has 0 aliphatic carbocycles. The quantitative estimate of drug-likeness (QED) is 0.818. The first kappa shape index (κ1) is 19.8. The molecule has 120 valence electrons. The molecule has 2 heterocycles. The van der Waals surface area contributed by atoms with Gasteiger partial charge < -0.3 is 5.32 Å². The van der Waals surface area contributed by atoms with Gasteiger partial charge in [-0.3, -0.25) is 15.0 Å². The number of halogens is 4. The van der Waals surface area contributed by atoms with Crippen molar-refractivity contribution in [2.24, 2.45) is 0 Å². The highest BCUT2D eigenvalue weighted by Crippen LogP contribution is 2.25. The molecule has 2 aliphatic heterocycles. The van der Waals surface area contributed by atoms with Crippen molar-refractivity contribution in [1.29, 1.82) is 0 Å². The van der Waals surface area contributed by atoms with Gasteiger partial charge in [0.25, 0.3) is 5.92 Å². The zero-order chi connectivity index (χ0) is 13.2. The van der Waals surface area contributed by atoms with Crippen LogP contribution in [0, 0.1) is 0 Å². The summed E-state index contributed by atoms with van der Waals surface area (Å²) in [4.78, 5) is 14.1. The predicted molar refractivity (Wildman–Crippen MR) is 79.1 cm³/mol. The van der Waals surface area contributed by atoms with E-state index in [-0.39, 0.29) is 37.1 Å². The SMILES string of the molecule is CCN1CCCC1CNC(=O)C1CC(F)(F)CN1.Cl.Cl. The Bertz CT molecular complexity index is 321. The Morgan fingerprint density at radius 3 is 2.70 bits per heavy atom. The van der Waals surface area contributed by atoms with Crippen molar-refractivity contribution < 1.29 is 13.6 Å². The molecule has 2 rings (SSSR count). The largest absolute Gasteiger partial charge is 0.353 e. The number of alkyl halides is 2. The minimum atomic E-state index is -2.75. The lowest BCUT2D eigenvalue weighted by Crippen LogP contribution is -2.46. The minimum absolute atomic E-state index is 0. The molecule has 2 atom stereocenters. The molecule has 0 saturated carbocycles. The van der Waals surface area contributed by atoms with Gasteiger partial charge in [-0.15, -0.1) is 24.8 Å². The molecule has 0 spiro atoms. The second-order valence-corrected chi connectivity index (χ2v) is 5.16. The number of carbonyl (C=O) groups is 1. The zero-order valence-electron chi connectivity index (χ0n) is 11.5. The van der Waals surface area contributed by atoms with Crippen molar-refractivity contribution in [1.82, 2.24) is 15.5 Å². The highest BCUT2D eigenvalue weighted by Gasteiger charge is 2.42. The van der Waals surface area contributed by atoms with E-state index in [1.807, 2.05) is 0 Å². The van der Waals surface area contributed by atoms with Crippen LogP contribution >= 0.6 is 24.8 Å². The molecule has 0 radical (unpaired) electrons. The molecule has 1 amide bonds. The van der Waals surface area contributed by atoms with Crippen LogP contribution in [0.15, 0.2) is 0 Å². The number of likely N-dealkylation sites (N-methyl/N-ethyl adjacent to an activating group) is 1. The van der Waals surface area contributed by atoms with Crippen molar-refractivity contribution in [3.8, 4) is 0 Å². The third-order valence-corrected chi connectivity index (χ3v) is 3.84. The highest BCUT2D eigenvalue weighted by atomic mass is 35.5. The summed E-state index contributed by atoms with van der Waals surface area (Å²) in [5.41, 5.74) is 0. The Morgan fingerprint density at radius 2 is 2.15 bits per heavy atom. The first-order valence-electron chi connectivity index (χ1n) is 6.65. The second-order valence-electron chi connectivity index (χ2n) is 5.16. The summed E-state index contributed by atoms with van der Waals surface area (Å²) in [7, 11) is 0. The average molecular weight is 334 g/mol. The van der Waals surface area contributed by atoms with Gasteiger partial charge in [0.2, 0.25) is 5.91 Å². The number of hydrogen-bond donors (Lipinski definition) is 2. The van der Waals surface area contributed by atoms with Gasteiger partial charge in [0.15, 0.2) is 0 Å². The van der Waals surface area contributed by atoms with Gasteiger partial charge >= 0.3 is 0 Å². The van der Waals surface area contributed by atoms with Gasteiger partial charge in [-0.1, -0.05) is 6.92 Å². The molecule has 0 aromatic heterocycles. The first-order chi connectivity index (χ1) is 8.52. The van der Waals surface area contributed by atoms with Crippen LogP contribution in [0.1, 0.15) is 26.2 Å². The lowest BCUT2D eigenvalue weighted by Gasteiger charge is -2.23. The molecule has 0 aromatic carbocycles. The van der Waals surface area contributed by atoms with Crippen molar-refractivity contribution >= 4 is 30.7 Å². The fourth-order valence-electron chi connectivity index (χ4n) is 2.79. The second kappa shape index (κ2) is 8.32. The summed E-state index contributed by atoms with van der Waals surface area (Å²) < 4.78 is 25.9. The fourth-order valence-corrected chi connectivity index (χ4v) is 2.79. The molecule has 0 aromatic rings. The monoisotopic (exact) mass is 333 g/mol. The van der Waals surface area contributed by atoms with E-state index < -0.39 is 18.5 Å². The Kier molecular flexibility index (Phi) is 8.25. The number of hydrogen-bond acceptors (Lipinski definition) is 3. The molecule has 2 aliphatic rings. The number of amides is 1. The summed E-state index contributed by atoms with van der Waals surface area (Å²) in [5.74, 6) is -3.04. The third-order valence-electron chi connectivity index (χ3n) is 3.84. The molecule has 8 heteroatoms. The maximum Gasteiger partial charge on any atom is 0.262 e. The number of nitrogens with one attached hydrogen (secondary N) is 2. The zero-order valence-corrected chi connectivity index (χ0v) is 13.2. The Morgan fingerprint density at radius 1 is 1.45 bits per heavy atom. The van der Waals surface area contributed by atoms with E-state index in [1.54, 1.807) is 0 Å². The number of likely N-dealkylation sites (tertiary alicyclic amines) is 1. The lowest BCUT2D eigenvalue weighted by atomic mass is 10.1. The average Bonchev–Trinajstić information content (AvgIpc) is 2.91. The van der Waals surface area contributed by atoms with E-state index in [0.717, 1.165) is 25.9 Å². The van der Waals surface area contributed by atoms with Gasteiger partial charge in [0.05, 0.1) is 12.6 Å². The number of nitrogens with zero attached hydrogens (tertiary/aromatic N) is 1. The van der Waals surface area contributed by atoms with Gasteiger partial charge in [0.1, 0.15) is 0 Å². The first-order valence-corrected chi connectivity index (χ1v) is 6.65. The Hall–Kier alpha value is -0.170.